The quantitative estimate of drug-likeness (QED) is 0.474. The van der Waals surface area contributed by atoms with Gasteiger partial charge in [-0.05, 0) is 30.5 Å². The van der Waals surface area contributed by atoms with E-state index in [2.05, 4.69) is 22.4 Å². The molecule has 0 amide bonds. The van der Waals surface area contributed by atoms with Gasteiger partial charge in [0, 0.05) is 19.1 Å². The van der Waals surface area contributed by atoms with E-state index in [0.29, 0.717) is 32.4 Å². The Kier molecular flexibility index (Phi) is 5.45. The number of guanidine groups is 1. The van der Waals surface area contributed by atoms with Crippen molar-refractivity contribution >= 4 is 5.96 Å². The van der Waals surface area contributed by atoms with Crippen LogP contribution in [-0.2, 0) is 10.2 Å². The molecule has 0 saturated heterocycles. The first-order chi connectivity index (χ1) is 11.7. The number of aliphatic imine (C=N–C) groups is 1. The van der Waals surface area contributed by atoms with E-state index in [1.54, 1.807) is 7.11 Å². The van der Waals surface area contributed by atoms with Gasteiger partial charge in [0.2, 0.25) is 6.79 Å². The highest BCUT2D eigenvalue weighted by molar-refractivity contribution is 5.77. The molecular weight excluding hydrogens is 306 g/mol. The standard InChI is InChI=1S/C18H27N3O3/c1-22-10-9-20-17(19)21-12-18(7-3-2-4-8-18)14-5-6-15-16(11-14)24-13-23-15/h5-6,11H,2-4,7-10,12-13H2,1H3,(H3,19,20,21). The average molecular weight is 333 g/mol. The van der Waals surface area contributed by atoms with Crippen molar-refractivity contribution in [3.05, 3.63) is 23.8 Å². The van der Waals surface area contributed by atoms with Gasteiger partial charge in [-0.25, -0.2) is 0 Å². The van der Waals surface area contributed by atoms with Crippen molar-refractivity contribution in [2.24, 2.45) is 10.7 Å². The smallest absolute Gasteiger partial charge is 0.231 e. The molecule has 6 nitrogen and oxygen atoms in total. The van der Waals surface area contributed by atoms with Gasteiger partial charge in [0.1, 0.15) is 0 Å². The Morgan fingerprint density at radius 1 is 1.25 bits per heavy atom. The van der Waals surface area contributed by atoms with Gasteiger partial charge in [-0.3, -0.25) is 4.99 Å². The topological polar surface area (TPSA) is 78.1 Å². The zero-order valence-electron chi connectivity index (χ0n) is 14.3. The lowest BCUT2D eigenvalue weighted by Crippen LogP contribution is -2.38. The van der Waals surface area contributed by atoms with E-state index in [1.165, 1.54) is 24.8 Å². The monoisotopic (exact) mass is 333 g/mol. The van der Waals surface area contributed by atoms with Gasteiger partial charge in [-0.1, -0.05) is 25.3 Å². The summed E-state index contributed by atoms with van der Waals surface area (Å²) < 4.78 is 16.0. The predicted molar refractivity (Wildman–Crippen MR) is 93.7 cm³/mol. The van der Waals surface area contributed by atoms with Crippen LogP contribution in [0.1, 0.15) is 37.7 Å². The van der Waals surface area contributed by atoms with Gasteiger partial charge in [0.15, 0.2) is 17.5 Å². The van der Waals surface area contributed by atoms with Crippen LogP contribution in [0.2, 0.25) is 0 Å². The van der Waals surface area contributed by atoms with Gasteiger partial charge < -0.3 is 25.3 Å². The van der Waals surface area contributed by atoms with Crippen molar-refractivity contribution in [3.8, 4) is 11.5 Å². The number of nitrogens with two attached hydrogens (primary N) is 1. The Morgan fingerprint density at radius 2 is 2.04 bits per heavy atom. The molecular formula is C18H27N3O3. The fraction of sp³-hybridized carbons (Fsp3) is 0.611. The van der Waals surface area contributed by atoms with Gasteiger partial charge >= 0.3 is 0 Å². The van der Waals surface area contributed by atoms with Crippen LogP contribution in [0.25, 0.3) is 0 Å². The lowest BCUT2D eigenvalue weighted by Gasteiger charge is -2.36. The summed E-state index contributed by atoms with van der Waals surface area (Å²) in [6.45, 7) is 2.28. The van der Waals surface area contributed by atoms with Crippen LogP contribution in [-0.4, -0.2) is 39.6 Å². The molecule has 1 fully saturated rings. The van der Waals surface area contributed by atoms with Crippen LogP contribution in [0.5, 0.6) is 11.5 Å². The summed E-state index contributed by atoms with van der Waals surface area (Å²) in [5, 5.41) is 3.09. The Labute approximate surface area is 143 Å². The van der Waals surface area contributed by atoms with Crippen LogP contribution in [0.4, 0.5) is 0 Å². The average Bonchev–Trinajstić information content (AvgIpc) is 3.09. The molecule has 1 heterocycles. The van der Waals surface area contributed by atoms with Crippen molar-refractivity contribution in [1.29, 1.82) is 0 Å². The normalized spacial score (nSPS) is 19.3. The minimum absolute atomic E-state index is 0.0345. The van der Waals surface area contributed by atoms with Gasteiger partial charge in [0.25, 0.3) is 0 Å². The maximum atomic E-state index is 6.00. The van der Waals surface area contributed by atoms with Crippen LogP contribution in [0, 0.1) is 0 Å². The zero-order chi connectivity index (χ0) is 16.8. The van der Waals surface area contributed by atoms with Gasteiger partial charge in [-0.15, -0.1) is 0 Å². The minimum Gasteiger partial charge on any atom is -0.454 e. The summed E-state index contributed by atoms with van der Waals surface area (Å²) >= 11 is 0. The summed E-state index contributed by atoms with van der Waals surface area (Å²) in [6.07, 6.45) is 5.99. The molecule has 0 spiro atoms. The predicted octanol–water partition coefficient (Wildman–Crippen LogP) is 2.17. The summed E-state index contributed by atoms with van der Waals surface area (Å²) in [7, 11) is 1.67. The third kappa shape index (κ3) is 3.75. The van der Waals surface area contributed by atoms with Gasteiger partial charge in [0.05, 0.1) is 13.2 Å². The van der Waals surface area contributed by atoms with Crippen molar-refractivity contribution in [2.45, 2.75) is 37.5 Å². The van der Waals surface area contributed by atoms with Crippen molar-refractivity contribution in [2.75, 3.05) is 33.6 Å². The third-order valence-electron chi connectivity index (χ3n) is 4.96. The molecule has 0 unspecified atom stereocenters. The number of hydrogen-bond donors (Lipinski definition) is 2. The molecule has 1 aromatic rings. The molecule has 24 heavy (non-hydrogen) atoms. The number of benzene rings is 1. The van der Waals surface area contributed by atoms with Crippen LogP contribution >= 0.6 is 0 Å². The molecule has 3 N–H and O–H groups in total. The maximum absolute atomic E-state index is 6.00. The Bertz CT molecular complexity index is 583. The number of rotatable bonds is 6. The maximum Gasteiger partial charge on any atom is 0.231 e. The lowest BCUT2D eigenvalue weighted by atomic mass is 9.69. The number of hydrogen-bond acceptors (Lipinski definition) is 4. The molecule has 3 rings (SSSR count). The molecule has 2 aliphatic rings. The van der Waals surface area contributed by atoms with Crippen molar-refractivity contribution < 1.29 is 14.2 Å². The van der Waals surface area contributed by atoms with E-state index in [9.17, 15) is 0 Å². The number of ether oxygens (including phenoxy) is 3. The summed E-state index contributed by atoms with van der Waals surface area (Å²) in [5.74, 6) is 2.15. The van der Waals surface area contributed by atoms with E-state index in [-0.39, 0.29) is 5.41 Å². The lowest BCUT2D eigenvalue weighted by molar-refractivity contribution is 0.174. The number of fused-ring (bicyclic) bond motifs is 1. The highest BCUT2D eigenvalue weighted by Gasteiger charge is 2.35. The van der Waals surface area contributed by atoms with E-state index in [0.717, 1.165) is 24.3 Å². The molecule has 0 aromatic heterocycles. The minimum atomic E-state index is 0.0345. The number of methoxy groups -OCH3 is 1. The number of nitrogens with one attached hydrogen (secondary N) is 1. The van der Waals surface area contributed by atoms with E-state index < -0.39 is 0 Å². The third-order valence-corrected chi connectivity index (χ3v) is 4.96. The SMILES string of the molecule is COCCNC(N)=NCC1(c2ccc3c(c2)OCO3)CCCCC1. The second-order valence-corrected chi connectivity index (χ2v) is 6.53. The van der Waals surface area contributed by atoms with E-state index in [1.807, 2.05) is 6.07 Å². The molecule has 1 saturated carbocycles. The molecule has 1 aromatic carbocycles. The Morgan fingerprint density at radius 3 is 2.83 bits per heavy atom. The second-order valence-electron chi connectivity index (χ2n) is 6.53. The van der Waals surface area contributed by atoms with Crippen molar-refractivity contribution in [1.82, 2.24) is 5.32 Å². The van der Waals surface area contributed by atoms with Crippen LogP contribution in [0.15, 0.2) is 23.2 Å². The van der Waals surface area contributed by atoms with Crippen molar-refractivity contribution in [3.63, 3.8) is 0 Å². The number of nitrogens with zero attached hydrogens (tertiary/aromatic N) is 1. The Hall–Kier alpha value is -1.95. The summed E-state index contributed by atoms with van der Waals surface area (Å²) in [5.41, 5.74) is 7.31. The van der Waals surface area contributed by atoms with E-state index >= 15 is 0 Å². The van der Waals surface area contributed by atoms with Crippen LogP contribution < -0.4 is 20.5 Å². The first-order valence-corrected chi connectivity index (χ1v) is 8.66. The second kappa shape index (κ2) is 7.75. The largest absolute Gasteiger partial charge is 0.454 e. The molecule has 0 bridgehead atoms. The molecule has 132 valence electrons. The molecule has 0 radical (unpaired) electrons. The van der Waals surface area contributed by atoms with Crippen LogP contribution in [0.3, 0.4) is 0 Å². The molecule has 0 atom stereocenters. The molecule has 1 aliphatic carbocycles. The first-order valence-electron chi connectivity index (χ1n) is 8.66. The summed E-state index contributed by atoms with van der Waals surface area (Å²) in [4.78, 5) is 4.62. The summed E-state index contributed by atoms with van der Waals surface area (Å²) in [6, 6.07) is 6.29. The molecule has 6 heteroatoms. The molecule has 1 aliphatic heterocycles. The highest BCUT2D eigenvalue weighted by Crippen LogP contribution is 2.43. The highest BCUT2D eigenvalue weighted by atomic mass is 16.7. The zero-order valence-corrected chi connectivity index (χ0v) is 14.3. The Balaban J connectivity index is 1.76. The fourth-order valence-corrected chi connectivity index (χ4v) is 3.57. The van der Waals surface area contributed by atoms with E-state index in [4.69, 9.17) is 19.9 Å². The fourth-order valence-electron chi connectivity index (χ4n) is 3.57. The first kappa shape index (κ1) is 16.9. The van der Waals surface area contributed by atoms with Gasteiger partial charge in [-0.2, -0.15) is 0 Å².